The lowest BCUT2D eigenvalue weighted by Crippen LogP contribution is -2.12. The monoisotopic (exact) mass is 321 g/mol. The standard InChI is InChI=1S/C18H15N3OS/c22-17(21-18-20-15-7-3-4-8-16(15)23-18)10-9-12-11-19-14-6-2-1-5-13(12)14/h1-8,11-12H,9-10H2,(H,20,21,22). The number of amides is 1. The van der Waals surface area contributed by atoms with Crippen molar-refractivity contribution in [3.63, 3.8) is 0 Å². The number of para-hydroxylation sites is 2. The van der Waals surface area contributed by atoms with E-state index in [1.54, 1.807) is 0 Å². The average Bonchev–Trinajstić information content (AvgIpc) is 3.16. The first kappa shape index (κ1) is 14.1. The maximum atomic E-state index is 12.2. The quantitative estimate of drug-likeness (QED) is 0.768. The van der Waals surface area contributed by atoms with Crippen molar-refractivity contribution in [2.24, 2.45) is 4.99 Å². The van der Waals surface area contributed by atoms with E-state index in [9.17, 15) is 4.79 Å². The molecular weight excluding hydrogens is 306 g/mol. The molecule has 0 aliphatic carbocycles. The van der Waals surface area contributed by atoms with Gasteiger partial charge in [-0.05, 0) is 30.2 Å². The van der Waals surface area contributed by atoms with Crippen LogP contribution in [0.2, 0.25) is 0 Å². The van der Waals surface area contributed by atoms with Crippen LogP contribution in [0.1, 0.15) is 24.3 Å². The first-order valence-corrected chi connectivity index (χ1v) is 8.40. The number of hydrogen-bond acceptors (Lipinski definition) is 4. The Bertz CT molecular complexity index is 867. The molecule has 4 nitrogen and oxygen atoms in total. The molecule has 1 aromatic heterocycles. The van der Waals surface area contributed by atoms with Crippen LogP contribution in [0, 0.1) is 0 Å². The van der Waals surface area contributed by atoms with Crippen molar-refractivity contribution < 1.29 is 4.79 Å². The highest BCUT2D eigenvalue weighted by Crippen LogP contribution is 2.34. The summed E-state index contributed by atoms with van der Waals surface area (Å²) in [5.41, 5.74) is 3.15. The van der Waals surface area contributed by atoms with E-state index in [1.165, 1.54) is 16.9 Å². The Morgan fingerprint density at radius 3 is 2.87 bits per heavy atom. The number of benzene rings is 2. The summed E-state index contributed by atoms with van der Waals surface area (Å²) in [7, 11) is 0. The average molecular weight is 321 g/mol. The van der Waals surface area contributed by atoms with Crippen molar-refractivity contribution in [2.75, 3.05) is 5.32 Å². The van der Waals surface area contributed by atoms with E-state index in [4.69, 9.17) is 0 Å². The maximum absolute atomic E-state index is 12.2. The molecule has 4 rings (SSSR count). The first-order chi connectivity index (χ1) is 11.3. The molecule has 1 unspecified atom stereocenters. The van der Waals surface area contributed by atoms with Crippen LogP contribution in [0.5, 0.6) is 0 Å². The smallest absolute Gasteiger partial charge is 0.226 e. The van der Waals surface area contributed by atoms with Gasteiger partial charge in [0.15, 0.2) is 5.13 Å². The lowest BCUT2D eigenvalue weighted by molar-refractivity contribution is -0.116. The lowest BCUT2D eigenvalue weighted by Gasteiger charge is -2.08. The zero-order chi connectivity index (χ0) is 15.6. The van der Waals surface area contributed by atoms with Crippen LogP contribution in [0.25, 0.3) is 10.2 Å². The highest BCUT2D eigenvalue weighted by molar-refractivity contribution is 7.22. The van der Waals surface area contributed by atoms with Crippen molar-refractivity contribution in [3.8, 4) is 0 Å². The number of rotatable bonds is 4. The number of hydrogen-bond donors (Lipinski definition) is 1. The number of carbonyl (C=O) groups excluding carboxylic acids is 1. The summed E-state index contributed by atoms with van der Waals surface area (Å²) in [6, 6.07) is 16.0. The van der Waals surface area contributed by atoms with Gasteiger partial charge in [0.25, 0.3) is 0 Å². The van der Waals surface area contributed by atoms with Crippen molar-refractivity contribution >= 4 is 44.5 Å². The number of aromatic nitrogens is 1. The molecule has 1 amide bonds. The molecule has 2 aromatic carbocycles. The highest BCUT2D eigenvalue weighted by atomic mass is 32.1. The lowest BCUT2D eigenvalue weighted by atomic mass is 9.96. The Balaban J connectivity index is 1.38. The number of fused-ring (bicyclic) bond motifs is 2. The molecule has 0 saturated carbocycles. The Hall–Kier alpha value is -2.53. The second kappa shape index (κ2) is 5.93. The van der Waals surface area contributed by atoms with Gasteiger partial charge in [0.2, 0.25) is 5.91 Å². The molecule has 0 saturated heterocycles. The van der Waals surface area contributed by atoms with Crippen LogP contribution in [-0.2, 0) is 4.79 Å². The molecule has 114 valence electrons. The molecule has 1 aliphatic rings. The van der Waals surface area contributed by atoms with Gasteiger partial charge in [-0.15, -0.1) is 0 Å². The zero-order valence-electron chi connectivity index (χ0n) is 12.4. The summed E-state index contributed by atoms with van der Waals surface area (Å²) in [5.74, 6) is 0.231. The molecule has 2 heterocycles. The molecule has 5 heteroatoms. The maximum Gasteiger partial charge on any atom is 0.226 e. The van der Waals surface area contributed by atoms with Gasteiger partial charge in [-0.2, -0.15) is 0 Å². The summed E-state index contributed by atoms with van der Waals surface area (Å²) in [4.78, 5) is 21.0. The van der Waals surface area contributed by atoms with Crippen LogP contribution in [-0.4, -0.2) is 17.1 Å². The van der Waals surface area contributed by atoms with Gasteiger partial charge in [-0.1, -0.05) is 41.7 Å². The molecule has 0 bridgehead atoms. The summed E-state index contributed by atoms with van der Waals surface area (Å²) in [5, 5.41) is 3.57. The number of nitrogens with zero attached hydrogens (tertiary/aromatic N) is 2. The van der Waals surface area contributed by atoms with Crippen LogP contribution in [0.15, 0.2) is 53.5 Å². The number of aliphatic imine (C=N–C) groups is 1. The number of anilines is 1. The zero-order valence-corrected chi connectivity index (χ0v) is 13.2. The summed E-state index contributed by atoms with van der Waals surface area (Å²) in [6.45, 7) is 0. The van der Waals surface area contributed by atoms with Gasteiger partial charge in [0.1, 0.15) is 0 Å². The minimum atomic E-state index is 0.00170. The van der Waals surface area contributed by atoms with E-state index in [0.29, 0.717) is 11.6 Å². The predicted molar refractivity (Wildman–Crippen MR) is 94.8 cm³/mol. The first-order valence-electron chi connectivity index (χ1n) is 7.58. The minimum absolute atomic E-state index is 0.00170. The fourth-order valence-corrected chi connectivity index (χ4v) is 3.68. The number of thiazole rings is 1. The normalized spacial score (nSPS) is 15.7. The van der Waals surface area contributed by atoms with Gasteiger partial charge >= 0.3 is 0 Å². The van der Waals surface area contributed by atoms with Gasteiger partial charge in [0, 0.05) is 18.6 Å². The molecule has 23 heavy (non-hydrogen) atoms. The molecule has 1 aliphatic heterocycles. The summed E-state index contributed by atoms with van der Waals surface area (Å²) < 4.78 is 1.08. The van der Waals surface area contributed by atoms with Crippen molar-refractivity contribution in [1.29, 1.82) is 0 Å². The van der Waals surface area contributed by atoms with Gasteiger partial charge in [-0.25, -0.2) is 4.98 Å². The van der Waals surface area contributed by atoms with E-state index >= 15 is 0 Å². The van der Waals surface area contributed by atoms with Gasteiger partial charge in [-0.3, -0.25) is 9.79 Å². The van der Waals surface area contributed by atoms with Crippen molar-refractivity contribution in [1.82, 2.24) is 4.98 Å². The SMILES string of the molecule is O=C(CCC1C=Nc2ccccc21)Nc1nc2ccccc2s1. The number of nitrogens with one attached hydrogen (secondary N) is 1. The molecule has 1 N–H and O–H groups in total. The molecule has 0 spiro atoms. The summed E-state index contributed by atoms with van der Waals surface area (Å²) in [6.07, 6.45) is 3.16. The second-order valence-corrected chi connectivity index (χ2v) is 6.55. The van der Waals surface area contributed by atoms with Crippen LogP contribution in [0.4, 0.5) is 10.8 Å². The van der Waals surface area contributed by atoms with Crippen LogP contribution < -0.4 is 5.32 Å². The third-order valence-electron chi connectivity index (χ3n) is 3.95. The Morgan fingerprint density at radius 1 is 1.13 bits per heavy atom. The topological polar surface area (TPSA) is 54.4 Å². The Kier molecular flexibility index (Phi) is 3.63. The summed E-state index contributed by atoms with van der Waals surface area (Å²) >= 11 is 1.50. The van der Waals surface area contributed by atoms with E-state index < -0.39 is 0 Å². The van der Waals surface area contributed by atoms with E-state index in [1.807, 2.05) is 48.7 Å². The van der Waals surface area contributed by atoms with Crippen molar-refractivity contribution in [3.05, 3.63) is 54.1 Å². The fraction of sp³-hybridized carbons (Fsp3) is 0.167. The van der Waals surface area contributed by atoms with E-state index in [0.717, 1.165) is 22.3 Å². The highest BCUT2D eigenvalue weighted by Gasteiger charge is 2.19. The minimum Gasteiger partial charge on any atom is -0.302 e. The molecule has 3 aromatic rings. The third-order valence-corrected chi connectivity index (χ3v) is 4.90. The molecule has 1 atom stereocenters. The predicted octanol–water partition coefficient (Wildman–Crippen LogP) is 4.51. The molecule has 0 radical (unpaired) electrons. The Labute approximate surface area is 137 Å². The van der Waals surface area contributed by atoms with Gasteiger partial charge < -0.3 is 5.32 Å². The largest absolute Gasteiger partial charge is 0.302 e. The molecule has 0 fully saturated rings. The van der Waals surface area contributed by atoms with E-state index in [2.05, 4.69) is 21.4 Å². The van der Waals surface area contributed by atoms with Gasteiger partial charge in [0.05, 0.1) is 15.9 Å². The second-order valence-electron chi connectivity index (χ2n) is 5.52. The third kappa shape index (κ3) is 2.87. The fourth-order valence-electron chi connectivity index (χ4n) is 2.79. The van der Waals surface area contributed by atoms with Crippen LogP contribution >= 0.6 is 11.3 Å². The molecular formula is C18H15N3OS. The van der Waals surface area contributed by atoms with E-state index in [-0.39, 0.29) is 11.8 Å². The van der Waals surface area contributed by atoms with Crippen molar-refractivity contribution in [2.45, 2.75) is 18.8 Å². The Morgan fingerprint density at radius 2 is 1.96 bits per heavy atom. The van der Waals surface area contributed by atoms with Crippen LogP contribution in [0.3, 0.4) is 0 Å². The number of carbonyl (C=O) groups is 1.